The van der Waals surface area contributed by atoms with Crippen LogP contribution in [0.5, 0.6) is 0 Å². The minimum Gasteiger partial charge on any atom is -0.390 e. The van der Waals surface area contributed by atoms with E-state index >= 15 is 0 Å². The molecule has 1 aliphatic rings. The highest BCUT2D eigenvalue weighted by molar-refractivity contribution is 4.96. The van der Waals surface area contributed by atoms with Gasteiger partial charge in [0.1, 0.15) is 5.60 Å². The lowest BCUT2D eigenvalue weighted by Crippen LogP contribution is -2.27. The van der Waals surface area contributed by atoms with Gasteiger partial charge in [0, 0.05) is 0 Å². The molecule has 1 fully saturated rings. The lowest BCUT2D eigenvalue weighted by Gasteiger charge is -2.14. The molecule has 0 aromatic carbocycles. The fourth-order valence-electron chi connectivity index (χ4n) is 1.10. The quantitative estimate of drug-likeness (QED) is 0.576. The van der Waals surface area contributed by atoms with E-state index in [1.807, 2.05) is 13.8 Å². The van der Waals surface area contributed by atoms with Gasteiger partial charge in [-0.1, -0.05) is 13.8 Å². The van der Waals surface area contributed by atoms with Gasteiger partial charge in [0.2, 0.25) is 0 Å². The maximum absolute atomic E-state index is 9.32. The summed E-state index contributed by atoms with van der Waals surface area (Å²) in [5, 5.41) is 9.32. The van der Waals surface area contributed by atoms with E-state index in [0.29, 0.717) is 0 Å². The first-order chi connectivity index (χ1) is 4.25. The van der Waals surface area contributed by atoms with Gasteiger partial charge in [-0.05, 0) is 12.8 Å². The minimum atomic E-state index is -0.248. The molecule has 2 nitrogen and oxygen atoms in total. The summed E-state index contributed by atoms with van der Waals surface area (Å²) in [7, 11) is 0. The Balaban J connectivity index is 2.39. The molecular weight excluding hydrogens is 116 g/mol. The Morgan fingerprint density at radius 1 is 1.67 bits per heavy atom. The molecule has 0 spiro atoms. The van der Waals surface area contributed by atoms with Crippen LogP contribution in [0.3, 0.4) is 0 Å². The van der Waals surface area contributed by atoms with Crippen molar-refractivity contribution in [3.05, 3.63) is 0 Å². The van der Waals surface area contributed by atoms with Crippen LogP contribution in [-0.2, 0) is 4.74 Å². The van der Waals surface area contributed by atoms with Crippen molar-refractivity contribution in [1.82, 2.24) is 0 Å². The van der Waals surface area contributed by atoms with E-state index in [-0.39, 0.29) is 11.7 Å². The highest BCUT2D eigenvalue weighted by Gasteiger charge is 2.48. The fourth-order valence-corrected chi connectivity index (χ4v) is 1.10. The number of aliphatic hydroxyl groups excluding tert-OH is 1. The van der Waals surface area contributed by atoms with Crippen LogP contribution in [0, 0.1) is 0 Å². The van der Waals surface area contributed by atoms with Crippen molar-refractivity contribution in [3.8, 4) is 0 Å². The Hall–Kier alpha value is -0.0800. The van der Waals surface area contributed by atoms with Crippen molar-refractivity contribution in [2.45, 2.75) is 38.4 Å². The van der Waals surface area contributed by atoms with Gasteiger partial charge in [0.15, 0.2) is 0 Å². The standard InChI is InChI=1S/C7H14O2/c1-3-6(8)7(4-2)5-9-7/h6,8H,3-5H2,1-2H3/t6-,7+/m0/s1. The highest BCUT2D eigenvalue weighted by atomic mass is 16.6. The summed E-state index contributed by atoms with van der Waals surface area (Å²) in [6.45, 7) is 4.77. The molecule has 1 saturated heterocycles. The summed E-state index contributed by atoms with van der Waals surface area (Å²) in [6.07, 6.45) is 1.48. The van der Waals surface area contributed by atoms with Crippen molar-refractivity contribution in [1.29, 1.82) is 0 Å². The largest absolute Gasteiger partial charge is 0.390 e. The summed E-state index contributed by atoms with van der Waals surface area (Å²) in [5.74, 6) is 0. The number of ether oxygens (including phenoxy) is 1. The van der Waals surface area contributed by atoms with E-state index in [9.17, 15) is 5.11 Å². The first-order valence-electron chi connectivity index (χ1n) is 3.57. The lowest BCUT2D eigenvalue weighted by molar-refractivity contribution is 0.0692. The monoisotopic (exact) mass is 130 g/mol. The maximum atomic E-state index is 9.32. The molecule has 1 heterocycles. The molecule has 2 atom stereocenters. The first-order valence-corrected chi connectivity index (χ1v) is 3.57. The SMILES string of the molecule is CC[C@H](O)[C@@]1(CC)CO1. The van der Waals surface area contributed by atoms with Gasteiger partial charge in [-0.15, -0.1) is 0 Å². The second-order valence-corrected chi connectivity index (χ2v) is 2.63. The zero-order valence-electron chi connectivity index (χ0n) is 6.05. The van der Waals surface area contributed by atoms with Gasteiger partial charge in [-0.25, -0.2) is 0 Å². The number of hydrogen-bond acceptors (Lipinski definition) is 2. The number of aliphatic hydroxyl groups is 1. The first kappa shape index (κ1) is 7.03. The van der Waals surface area contributed by atoms with Crippen molar-refractivity contribution < 1.29 is 9.84 Å². The third kappa shape index (κ3) is 1.10. The van der Waals surface area contributed by atoms with E-state index in [4.69, 9.17) is 4.74 Å². The van der Waals surface area contributed by atoms with Crippen molar-refractivity contribution >= 4 is 0 Å². The fraction of sp³-hybridized carbons (Fsp3) is 1.00. The van der Waals surface area contributed by atoms with Crippen molar-refractivity contribution in [2.24, 2.45) is 0 Å². The molecule has 9 heavy (non-hydrogen) atoms. The molecular formula is C7H14O2. The molecule has 0 aliphatic carbocycles. The molecule has 0 aromatic rings. The van der Waals surface area contributed by atoms with Crippen LogP contribution in [0.1, 0.15) is 26.7 Å². The summed E-state index contributed by atoms with van der Waals surface area (Å²) >= 11 is 0. The Kier molecular flexibility index (Phi) is 1.78. The van der Waals surface area contributed by atoms with Gasteiger partial charge in [0.05, 0.1) is 12.7 Å². The minimum absolute atomic E-state index is 0.144. The summed E-state index contributed by atoms with van der Waals surface area (Å²) in [6, 6.07) is 0. The van der Waals surface area contributed by atoms with Crippen LogP contribution in [0.25, 0.3) is 0 Å². The average molecular weight is 130 g/mol. The molecule has 2 heteroatoms. The molecule has 0 amide bonds. The van der Waals surface area contributed by atoms with Gasteiger partial charge in [0.25, 0.3) is 0 Å². The molecule has 0 aromatic heterocycles. The summed E-state index contributed by atoms with van der Waals surface area (Å²) in [4.78, 5) is 0. The topological polar surface area (TPSA) is 32.8 Å². The van der Waals surface area contributed by atoms with E-state index in [0.717, 1.165) is 19.4 Å². The predicted octanol–water partition coefficient (Wildman–Crippen LogP) is 0.936. The Morgan fingerprint density at radius 2 is 2.22 bits per heavy atom. The maximum Gasteiger partial charge on any atom is 0.117 e. The second-order valence-electron chi connectivity index (χ2n) is 2.63. The molecule has 54 valence electrons. The Labute approximate surface area is 55.8 Å². The van der Waals surface area contributed by atoms with Crippen LogP contribution in [0.2, 0.25) is 0 Å². The highest BCUT2D eigenvalue weighted by Crippen LogP contribution is 2.35. The van der Waals surface area contributed by atoms with Crippen LogP contribution in [0.4, 0.5) is 0 Å². The van der Waals surface area contributed by atoms with Crippen molar-refractivity contribution in [3.63, 3.8) is 0 Å². The molecule has 0 bridgehead atoms. The van der Waals surface area contributed by atoms with Gasteiger partial charge < -0.3 is 9.84 Å². The van der Waals surface area contributed by atoms with E-state index in [1.54, 1.807) is 0 Å². The molecule has 0 radical (unpaired) electrons. The van der Waals surface area contributed by atoms with E-state index < -0.39 is 0 Å². The number of hydrogen-bond donors (Lipinski definition) is 1. The zero-order valence-corrected chi connectivity index (χ0v) is 6.05. The average Bonchev–Trinajstić information content (AvgIpc) is 2.66. The normalized spacial score (nSPS) is 36.3. The van der Waals surface area contributed by atoms with Crippen LogP contribution >= 0.6 is 0 Å². The Bertz CT molecular complexity index is 97.1. The van der Waals surface area contributed by atoms with E-state index in [1.165, 1.54) is 0 Å². The third-order valence-electron chi connectivity index (χ3n) is 2.11. The lowest BCUT2D eigenvalue weighted by atomic mass is 9.99. The van der Waals surface area contributed by atoms with Gasteiger partial charge in [-0.2, -0.15) is 0 Å². The van der Waals surface area contributed by atoms with Gasteiger partial charge in [-0.3, -0.25) is 0 Å². The van der Waals surface area contributed by atoms with Gasteiger partial charge >= 0.3 is 0 Å². The molecule has 1 N–H and O–H groups in total. The summed E-state index contributed by atoms with van der Waals surface area (Å²) in [5.41, 5.74) is -0.144. The number of epoxide rings is 1. The second kappa shape index (κ2) is 2.27. The van der Waals surface area contributed by atoms with E-state index in [2.05, 4.69) is 0 Å². The van der Waals surface area contributed by atoms with Crippen molar-refractivity contribution in [2.75, 3.05) is 6.61 Å². The Morgan fingerprint density at radius 3 is 2.33 bits per heavy atom. The molecule has 0 saturated carbocycles. The summed E-state index contributed by atoms with van der Waals surface area (Å²) < 4.78 is 5.15. The third-order valence-corrected chi connectivity index (χ3v) is 2.11. The smallest absolute Gasteiger partial charge is 0.117 e. The molecule has 1 rings (SSSR count). The molecule has 1 aliphatic heterocycles. The number of rotatable bonds is 3. The van der Waals surface area contributed by atoms with Crippen LogP contribution in [0.15, 0.2) is 0 Å². The van der Waals surface area contributed by atoms with Crippen LogP contribution in [-0.4, -0.2) is 23.4 Å². The predicted molar refractivity (Wildman–Crippen MR) is 35.3 cm³/mol. The van der Waals surface area contributed by atoms with Crippen LogP contribution < -0.4 is 0 Å². The zero-order chi connectivity index (χ0) is 6.91. The molecule has 0 unspecified atom stereocenters.